The van der Waals surface area contributed by atoms with Crippen LogP contribution < -0.4 is 15.8 Å². The second kappa shape index (κ2) is 7.27. The van der Waals surface area contributed by atoms with Crippen LogP contribution >= 0.6 is 0 Å². The van der Waals surface area contributed by atoms with Gasteiger partial charge < -0.3 is 19.7 Å². The molecule has 9 nitrogen and oxygen atoms in total. The number of nitrogens with one attached hydrogen (secondary N) is 1. The largest absolute Gasteiger partial charge is 0.496 e. The normalized spacial score (nSPS) is 10.1. The van der Waals surface area contributed by atoms with Crippen molar-refractivity contribution in [2.24, 2.45) is 0 Å². The Hall–Kier alpha value is -3.36. The summed E-state index contributed by atoms with van der Waals surface area (Å²) in [5.41, 5.74) is 5.80. The molecule has 2 amide bonds. The summed E-state index contributed by atoms with van der Waals surface area (Å²) in [7, 11) is 1.40. The minimum absolute atomic E-state index is 0.0566. The number of rotatable bonds is 5. The van der Waals surface area contributed by atoms with E-state index >= 15 is 0 Å². The Kier molecular flexibility index (Phi) is 5.15. The fourth-order valence-corrected chi connectivity index (χ4v) is 1.90. The van der Waals surface area contributed by atoms with Crippen molar-refractivity contribution in [3.8, 4) is 5.75 Å². The Morgan fingerprint density at radius 1 is 1.29 bits per heavy atom. The number of nitrogen functional groups attached to an aromatic ring is 1. The van der Waals surface area contributed by atoms with Gasteiger partial charge in [-0.3, -0.25) is 14.9 Å². The molecule has 2 rings (SSSR count). The molecule has 0 atom stereocenters. The van der Waals surface area contributed by atoms with Gasteiger partial charge in [-0.15, -0.1) is 0 Å². The van der Waals surface area contributed by atoms with Crippen LogP contribution in [0.25, 0.3) is 0 Å². The molecule has 0 radical (unpaired) electrons. The van der Waals surface area contributed by atoms with Crippen LogP contribution in [-0.2, 0) is 9.53 Å². The van der Waals surface area contributed by atoms with Crippen molar-refractivity contribution in [2.45, 2.75) is 6.92 Å². The zero-order chi connectivity index (χ0) is 17.7. The number of nitrogens with zero attached hydrogens (tertiary/aromatic N) is 1. The Bertz CT molecular complexity index is 764. The van der Waals surface area contributed by atoms with E-state index in [2.05, 4.69) is 15.0 Å². The molecular weight excluding hydrogens is 318 g/mol. The standard InChI is InChI=1S/C15H15N3O6/c1-8-12(13(16)24-18-8)15(21)23-7-11(19)17-14(20)9-5-3-4-6-10(9)22-2/h3-6H,7,16H2,1-2H3,(H,17,19,20). The zero-order valence-electron chi connectivity index (χ0n) is 13.0. The predicted octanol–water partition coefficient (Wildman–Crippen LogP) is 0.687. The number of ether oxygens (including phenoxy) is 2. The number of aryl methyl sites for hydroxylation is 1. The highest BCUT2D eigenvalue weighted by Crippen LogP contribution is 2.17. The second-order valence-corrected chi connectivity index (χ2v) is 4.66. The molecule has 1 aromatic heterocycles. The molecule has 0 saturated heterocycles. The highest BCUT2D eigenvalue weighted by Gasteiger charge is 2.21. The van der Waals surface area contributed by atoms with Gasteiger partial charge in [-0.1, -0.05) is 17.3 Å². The Morgan fingerprint density at radius 3 is 2.62 bits per heavy atom. The van der Waals surface area contributed by atoms with Gasteiger partial charge in [-0.25, -0.2) is 4.79 Å². The number of methoxy groups -OCH3 is 1. The highest BCUT2D eigenvalue weighted by atomic mass is 16.5. The molecule has 0 fully saturated rings. The summed E-state index contributed by atoms with van der Waals surface area (Å²) >= 11 is 0. The van der Waals surface area contributed by atoms with E-state index in [1.54, 1.807) is 18.2 Å². The van der Waals surface area contributed by atoms with Crippen LogP contribution in [0.15, 0.2) is 28.8 Å². The molecule has 0 unspecified atom stereocenters. The number of benzene rings is 1. The lowest BCUT2D eigenvalue weighted by molar-refractivity contribution is -0.123. The average molecular weight is 333 g/mol. The number of amides is 2. The second-order valence-electron chi connectivity index (χ2n) is 4.66. The Labute approximate surface area is 136 Å². The summed E-state index contributed by atoms with van der Waals surface area (Å²) in [5, 5.41) is 5.60. The molecule has 0 bridgehead atoms. The van der Waals surface area contributed by atoms with Gasteiger partial charge in [-0.05, 0) is 19.1 Å². The van der Waals surface area contributed by atoms with Gasteiger partial charge in [0.25, 0.3) is 11.8 Å². The summed E-state index contributed by atoms with van der Waals surface area (Å²) in [6.07, 6.45) is 0. The Morgan fingerprint density at radius 2 is 2.00 bits per heavy atom. The van der Waals surface area contributed by atoms with Gasteiger partial charge in [0, 0.05) is 0 Å². The number of hydrogen-bond donors (Lipinski definition) is 2. The number of anilines is 1. The molecule has 126 valence electrons. The molecule has 0 aliphatic carbocycles. The third kappa shape index (κ3) is 3.69. The third-order valence-corrected chi connectivity index (χ3v) is 3.03. The maximum Gasteiger partial charge on any atom is 0.346 e. The molecule has 0 saturated carbocycles. The molecule has 0 aliphatic rings. The number of nitrogens with two attached hydrogens (primary N) is 1. The first kappa shape index (κ1) is 17.0. The van der Waals surface area contributed by atoms with E-state index < -0.39 is 24.4 Å². The van der Waals surface area contributed by atoms with Crippen LogP contribution in [0.3, 0.4) is 0 Å². The topological polar surface area (TPSA) is 134 Å². The summed E-state index contributed by atoms with van der Waals surface area (Å²) < 4.78 is 14.5. The Balaban J connectivity index is 1.94. The number of hydrogen-bond acceptors (Lipinski definition) is 8. The van der Waals surface area contributed by atoms with Gasteiger partial charge in [0.1, 0.15) is 11.3 Å². The van der Waals surface area contributed by atoms with Crippen LogP contribution in [-0.4, -0.2) is 36.7 Å². The van der Waals surface area contributed by atoms with E-state index in [1.807, 2.05) is 0 Å². The van der Waals surface area contributed by atoms with Crippen molar-refractivity contribution in [3.63, 3.8) is 0 Å². The third-order valence-electron chi connectivity index (χ3n) is 3.03. The van der Waals surface area contributed by atoms with Gasteiger partial charge in [0.05, 0.1) is 18.4 Å². The molecule has 3 N–H and O–H groups in total. The zero-order valence-corrected chi connectivity index (χ0v) is 13.0. The minimum Gasteiger partial charge on any atom is -0.496 e. The highest BCUT2D eigenvalue weighted by molar-refractivity contribution is 6.07. The summed E-state index contributed by atoms with van der Waals surface area (Å²) in [4.78, 5) is 35.6. The lowest BCUT2D eigenvalue weighted by Crippen LogP contribution is -2.34. The monoisotopic (exact) mass is 333 g/mol. The van der Waals surface area contributed by atoms with Crippen LogP contribution in [0.2, 0.25) is 0 Å². The predicted molar refractivity (Wildman–Crippen MR) is 81.4 cm³/mol. The van der Waals surface area contributed by atoms with Crippen molar-refractivity contribution < 1.29 is 28.4 Å². The van der Waals surface area contributed by atoms with Gasteiger partial charge in [0.2, 0.25) is 5.88 Å². The first-order chi connectivity index (χ1) is 11.4. The fourth-order valence-electron chi connectivity index (χ4n) is 1.90. The molecular formula is C15H15N3O6. The van der Waals surface area contributed by atoms with Gasteiger partial charge >= 0.3 is 5.97 Å². The van der Waals surface area contributed by atoms with Crippen LogP contribution in [0.1, 0.15) is 26.4 Å². The number of carbonyl (C=O) groups is 3. The summed E-state index contributed by atoms with van der Waals surface area (Å²) in [6, 6.07) is 6.38. The molecule has 0 aliphatic heterocycles. The first-order valence-electron chi connectivity index (χ1n) is 6.80. The van der Waals surface area contributed by atoms with Gasteiger partial charge in [-0.2, -0.15) is 0 Å². The van der Waals surface area contributed by atoms with Crippen molar-refractivity contribution in [2.75, 3.05) is 19.5 Å². The SMILES string of the molecule is COc1ccccc1C(=O)NC(=O)COC(=O)c1c(C)noc1N. The quantitative estimate of drug-likeness (QED) is 0.763. The molecule has 1 aromatic carbocycles. The van der Waals surface area contributed by atoms with Crippen molar-refractivity contribution in [1.82, 2.24) is 10.5 Å². The van der Waals surface area contributed by atoms with Crippen LogP contribution in [0, 0.1) is 6.92 Å². The maximum atomic E-state index is 12.0. The van der Waals surface area contributed by atoms with E-state index in [-0.39, 0.29) is 22.7 Å². The smallest absolute Gasteiger partial charge is 0.346 e. The first-order valence-corrected chi connectivity index (χ1v) is 6.80. The van der Waals surface area contributed by atoms with Crippen molar-refractivity contribution >= 4 is 23.7 Å². The van der Waals surface area contributed by atoms with E-state index in [9.17, 15) is 14.4 Å². The summed E-state index contributed by atoms with van der Waals surface area (Å²) in [5.74, 6) is -2.23. The van der Waals surface area contributed by atoms with E-state index in [0.717, 1.165) is 0 Å². The molecule has 1 heterocycles. The minimum atomic E-state index is -0.869. The number of carbonyl (C=O) groups excluding carboxylic acids is 3. The number of para-hydroxylation sites is 1. The van der Waals surface area contributed by atoms with E-state index in [1.165, 1.54) is 20.1 Å². The van der Waals surface area contributed by atoms with Crippen LogP contribution in [0.5, 0.6) is 5.75 Å². The summed E-state index contributed by atoms with van der Waals surface area (Å²) in [6.45, 7) is 0.839. The fraction of sp³-hybridized carbons (Fsp3) is 0.200. The van der Waals surface area contributed by atoms with Crippen molar-refractivity contribution in [1.29, 1.82) is 0 Å². The van der Waals surface area contributed by atoms with Crippen LogP contribution in [0.4, 0.5) is 5.88 Å². The number of esters is 1. The molecule has 0 spiro atoms. The lowest BCUT2D eigenvalue weighted by Gasteiger charge is -2.08. The van der Waals surface area contributed by atoms with Crippen molar-refractivity contribution in [3.05, 3.63) is 41.1 Å². The van der Waals surface area contributed by atoms with E-state index in [0.29, 0.717) is 5.75 Å². The maximum absolute atomic E-state index is 12.0. The average Bonchev–Trinajstić information content (AvgIpc) is 2.91. The number of imide groups is 1. The molecule has 2 aromatic rings. The molecule has 24 heavy (non-hydrogen) atoms. The molecule has 9 heteroatoms. The van der Waals surface area contributed by atoms with Gasteiger partial charge in [0.15, 0.2) is 6.61 Å². The van der Waals surface area contributed by atoms with E-state index in [4.69, 9.17) is 15.2 Å². The number of aromatic nitrogens is 1. The lowest BCUT2D eigenvalue weighted by atomic mass is 10.2.